The van der Waals surface area contributed by atoms with E-state index in [1.165, 1.54) is 0 Å². The molecule has 0 radical (unpaired) electrons. The number of hydrogen-bond donors (Lipinski definition) is 1. The molecule has 0 unspecified atom stereocenters. The average Bonchev–Trinajstić information content (AvgIpc) is 2.85. The van der Waals surface area contributed by atoms with E-state index in [2.05, 4.69) is 4.90 Å². The Morgan fingerprint density at radius 1 is 1.08 bits per heavy atom. The fraction of sp³-hybridized carbons (Fsp3) is 0.462. The summed E-state index contributed by atoms with van der Waals surface area (Å²) in [5.41, 5.74) is -0.390. The highest BCUT2D eigenvalue weighted by molar-refractivity contribution is 6.31. The summed E-state index contributed by atoms with van der Waals surface area (Å²) in [4.78, 5) is 15.7. The molecule has 4 rings (SSSR count). The Kier molecular flexibility index (Phi) is 7.96. The molecule has 0 aromatic heterocycles. The quantitative estimate of drug-likeness (QED) is 0.526. The van der Waals surface area contributed by atoms with Crippen molar-refractivity contribution in [3.63, 3.8) is 0 Å². The third-order valence-corrected chi connectivity index (χ3v) is 7.24. The van der Waals surface area contributed by atoms with E-state index in [1.54, 1.807) is 23.1 Å². The summed E-state index contributed by atoms with van der Waals surface area (Å²) < 4.78 is 45.6. The van der Waals surface area contributed by atoms with Gasteiger partial charge in [0.1, 0.15) is 17.9 Å². The van der Waals surface area contributed by atoms with Gasteiger partial charge in [-0.3, -0.25) is 0 Å². The number of rotatable bonds is 6. The highest BCUT2D eigenvalue weighted by Crippen LogP contribution is 2.35. The molecule has 0 spiro atoms. The first-order valence-electron chi connectivity index (χ1n) is 11.9. The van der Waals surface area contributed by atoms with Crippen molar-refractivity contribution in [3.8, 4) is 11.8 Å². The van der Waals surface area contributed by atoms with Gasteiger partial charge in [0.05, 0.1) is 27.4 Å². The topological polar surface area (TPSA) is 76.8 Å². The molecule has 0 atom stereocenters. The summed E-state index contributed by atoms with van der Waals surface area (Å²) in [5.74, 6) is -0.176. The fourth-order valence-corrected chi connectivity index (χ4v) is 5.15. The van der Waals surface area contributed by atoms with Crippen LogP contribution in [0.2, 0.25) is 5.02 Å². The third-order valence-electron chi connectivity index (χ3n) is 6.93. The lowest BCUT2D eigenvalue weighted by Gasteiger charge is -2.38. The second kappa shape index (κ2) is 11.0. The molecule has 2 aromatic carbocycles. The smallest absolute Gasteiger partial charge is 0.416 e. The van der Waals surface area contributed by atoms with Gasteiger partial charge in [-0.15, -0.1) is 0 Å². The number of nitrogens with zero attached hydrogens (tertiary/aromatic N) is 3. The first-order chi connectivity index (χ1) is 17.1. The minimum atomic E-state index is -4.52. The molecular formula is C26H27ClF3N3O3. The average molecular weight is 522 g/mol. The lowest BCUT2D eigenvalue weighted by atomic mass is 9.94. The summed E-state index contributed by atoms with van der Waals surface area (Å²) in [6.07, 6.45) is -1.15. The minimum Gasteiger partial charge on any atom is -0.490 e. The number of alkyl halides is 3. The van der Waals surface area contributed by atoms with E-state index < -0.39 is 17.7 Å². The van der Waals surface area contributed by atoms with E-state index in [1.807, 2.05) is 6.07 Å². The Morgan fingerprint density at radius 2 is 1.78 bits per heavy atom. The number of likely N-dealkylation sites (tertiary alicyclic amines) is 1. The lowest BCUT2D eigenvalue weighted by molar-refractivity contribution is -0.137. The molecule has 36 heavy (non-hydrogen) atoms. The van der Waals surface area contributed by atoms with E-state index in [0.717, 1.165) is 63.5 Å². The summed E-state index contributed by atoms with van der Waals surface area (Å²) in [6.45, 7) is 3.70. The summed E-state index contributed by atoms with van der Waals surface area (Å²) in [7, 11) is 0. The monoisotopic (exact) mass is 521 g/mol. The molecule has 0 amide bonds. The van der Waals surface area contributed by atoms with Gasteiger partial charge in [0.25, 0.3) is 0 Å². The summed E-state index contributed by atoms with van der Waals surface area (Å²) in [6, 6.07) is 9.93. The van der Waals surface area contributed by atoms with Crippen LogP contribution in [0.15, 0.2) is 36.4 Å². The number of ether oxygens (including phenoxy) is 1. The Hall–Kier alpha value is -2.96. The van der Waals surface area contributed by atoms with Crippen molar-refractivity contribution < 1.29 is 27.8 Å². The lowest BCUT2D eigenvalue weighted by Crippen LogP contribution is -2.43. The molecule has 1 N–H and O–H groups in total. The van der Waals surface area contributed by atoms with E-state index in [4.69, 9.17) is 21.6 Å². The van der Waals surface area contributed by atoms with Gasteiger partial charge in [0.15, 0.2) is 0 Å². The second-order valence-corrected chi connectivity index (χ2v) is 9.74. The molecule has 2 fully saturated rings. The fourth-order valence-electron chi connectivity index (χ4n) is 4.93. The molecule has 6 nitrogen and oxygen atoms in total. The van der Waals surface area contributed by atoms with Crippen LogP contribution in [-0.2, 0) is 6.18 Å². The Balaban J connectivity index is 1.27. The predicted octanol–water partition coefficient (Wildman–Crippen LogP) is 5.69. The zero-order chi connectivity index (χ0) is 25.9. The van der Waals surface area contributed by atoms with Gasteiger partial charge < -0.3 is 19.6 Å². The summed E-state index contributed by atoms with van der Waals surface area (Å²) >= 11 is 6.09. The molecular weight excluding hydrogens is 495 g/mol. The number of carboxylic acid groups (broad SMARTS) is 1. The maximum absolute atomic E-state index is 13.2. The number of benzene rings is 2. The number of anilines is 1. The molecule has 2 aliphatic rings. The van der Waals surface area contributed by atoms with Gasteiger partial charge in [-0.05, 0) is 61.9 Å². The first kappa shape index (κ1) is 26.1. The summed E-state index contributed by atoms with van der Waals surface area (Å²) in [5, 5.41) is 18.8. The maximum atomic E-state index is 13.2. The van der Waals surface area contributed by atoms with Crippen molar-refractivity contribution in [1.29, 1.82) is 5.26 Å². The minimum absolute atomic E-state index is 0.0717. The molecule has 10 heteroatoms. The molecule has 0 saturated carbocycles. The number of aromatic carboxylic acids is 1. The van der Waals surface area contributed by atoms with Gasteiger partial charge in [-0.25, -0.2) is 4.79 Å². The number of nitriles is 1. The van der Waals surface area contributed by atoms with Crippen LogP contribution in [0.1, 0.15) is 47.2 Å². The Bertz CT molecular complexity index is 1140. The molecule has 2 saturated heterocycles. The molecule has 192 valence electrons. The SMILES string of the molecule is N#Cc1ccc(OC2CCN(CC3CCN(c4cc(C(F)(F)F)ccc4C(=O)O)CC3)CC2)cc1Cl. The molecule has 0 aliphatic carbocycles. The van der Waals surface area contributed by atoms with Gasteiger partial charge in [-0.1, -0.05) is 11.6 Å². The van der Waals surface area contributed by atoms with Crippen LogP contribution in [0, 0.1) is 17.2 Å². The van der Waals surface area contributed by atoms with Crippen LogP contribution in [0.5, 0.6) is 5.75 Å². The first-order valence-corrected chi connectivity index (χ1v) is 12.3. The number of halogens is 4. The van der Waals surface area contributed by atoms with Crippen LogP contribution in [0.3, 0.4) is 0 Å². The zero-order valence-electron chi connectivity index (χ0n) is 19.6. The largest absolute Gasteiger partial charge is 0.490 e. The van der Waals surface area contributed by atoms with Crippen molar-refractivity contribution in [2.45, 2.75) is 38.0 Å². The highest BCUT2D eigenvalue weighted by atomic mass is 35.5. The number of carboxylic acids is 1. The highest BCUT2D eigenvalue weighted by Gasteiger charge is 2.33. The second-order valence-electron chi connectivity index (χ2n) is 9.34. The normalized spacial score (nSPS) is 18.1. The van der Waals surface area contributed by atoms with Crippen molar-refractivity contribution in [2.24, 2.45) is 5.92 Å². The van der Waals surface area contributed by atoms with E-state index in [9.17, 15) is 23.1 Å². The number of carbonyl (C=O) groups is 1. The molecule has 2 aromatic rings. The number of piperidine rings is 2. The van der Waals surface area contributed by atoms with Gasteiger partial charge in [0.2, 0.25) is 0 Å². The van der Waals surface area contributed by atoms with Gasteiger partial charge in [-0.2, -0.15) is 18.4 Å². The molecule has 0 bridgehead atoms. The third kappa shape index (κ3) is 6.23. The van der Waals surface area contributed by atoms with E-state index >= 15 is 0 Å². The predicted molar refractivity (Wildman–Crippen MR) is 130 cm³/mol. The van der Waals surface area contributed by atoms with Crippen LogP contribution < -0.4 is 9.64 Å². The van der Waals surface area contributed by atoms with E-state index in [0.29, 0.717) is 35.3 Å². The van der Waals surface area contributed by atoms with Crippen LogP contribution >= 0.6 is 11.6 Å². The van der Waals surface area contributed by atoms with Crippen molar-refractivity contribution in [3.05, 3.63) is 58.1 Å². The van der Waals surface area contributed by atoms with Crippen LogP contribution in [0.4, 0.5) is 18.9 Å². The van der Waals surface area contributed by atoms with Gasteiger partial charge >= 0.3 is 12.1 Å². The Labute approximate surface area is 212 Å². The van der Waals surface area contributed by atoms with Gasteiger partial charge in [0, 0.05) is 38.8 Å². The van der Waals surface area contributed by atoms with Crippen molar-refractivity contribution in [2.75, 3.05) is 37.6 Å². The van der Waals surface area contributed by atoms with Crippen LogP contribution in [0.25, 0.3) is 0 Å². The standard InChI is InChI=1S/C26H27ClF3N3O3/c27-23-14-21(3-1-18(23)15-31)36-20-7-9-32(10-8-20)16-17-5-11-33(12-6-17)24-13-19(26(28,29)30)2-4-22(24)25(34)35/h1-4,13-14,17,20H,5-12,16H2,(H,34,35). The maximum Gasteiger partial charge on any atom is 0.416 e. The van der Waals surface area contributed by atoms with Crippen molar-refractivity contribution >= 4 is 23.3 Å². The Morgan fingerprint density at radius 3 is 2.36 bits per heavy atom. The number of hydrogen-bond acceptors (Lipinski definition) is 5. The molecule has 2 heterocycles. The van der Waals surface area contributed by atoms with E-state index in [-0.39, 0.29) is 17.4 Å². The zero-order valence-corrected chi connectivity index (χ0v) is 20.4. The molecule has 2 aliphatic heterocycles. The van der Waals surface area contributed by atoms with Crippen molar-refractivity contribution in [1.82, 2.24) is 4.90 Å². The van der Waals surface area contributed by atoms with Crippen LogP contribution in [-0.4, -0.2) is 54.8 Å².